The summed E-state index contributed by atoms with van der Waals surface area (Å²) in [6, 6.07) is 1.70. The molecule has 0 aliphatic carbocycles. The van der Waals surface area contributed by atoms with Gasteiger partial charge in [-0.3, -0.25) is 4.79 Å². The van der Waals surface area contributed by atoms with Gasteiger partial charge in [-0.2, -0.15) is 0 Å². The van der Waals surface area contributed by atoms with E-state index < -0.39 is 5.54 Å². The van der Waals surface area contributed by atoms with E-state index in [1.807, 2.05) is 13.8 Å². The quantitative estimate of drug-likeness (QED) is 0.836. The van der Waals surface area contributed by atoms with Crippen LogP contribution in [-0.2, 0) is 0 Å². The van der Waals surface area contributed by atoms with Crippen LogP contribution in [0, 0.1) is 0 Å². The second kappa shape index (κ2) is 4.29. The molecule has 78 valence electrons. The molecule has 0 unspecified atom stereocenters. The summed E-state index contributed by atoms with van der Waals surface area (Å²) in [7, 11) is 0. The second-order valence-electron chi connectivity index (χ2n) is 3.64. The van der Waals surface area contributed by atoms with E-state index in [0.29, 0.717) is 16.4 Å². The molecule has 3 nitrogen and oxygen atoms in total. The van der Waals surface area contributed by atoms with Gasteiger partial charge in [0, 0.05) is 12.1 Å². The predicted molar refractivity (Wildman–Crippen MR) is 59.9 cm³/mol. The lowest BCUT2D eigenvalue weighted by Gasteiger charge is -2.23. The normalized spacial score (nSPS) is 11.4. The van der Waals surface area contributed by atoms with Gasteiger partial charge in [0.15, 0.2) is 0 Å². The van der Waals surface area contributed by atoms with Crippen LogP contribution >= 0.6 is 22.9 Å². The van der Waals surface area contributed by atoms with Crippen LogP contribution < -0.4 is 11.1 Å². The minimum atomic E-state index is -0.398. The van der Waals surface area contributed by atoms with Gasteiger partial charge >= 0.3 is 0 Å². The smallest absolute Gasteiger partial charge is 0.263 e. The third kappa shape index (κ3) is 2.70. The predicted octanol–water partition coefficient (Wildman–Crippen LogP) is 1.87. The lowest BCUT2D eigenvalue weighted by atomic mass is 10.1. The van der Waals surface area contributed by atoms with Crippen molar-refractivity contribution in [3.8, 4) is 0 Å². The Morgan fingerprint density at radius 3 is 2.79 bits per heavy atom. The summed E-state index contributed by atoms with van der Waals surface area (Å²) in [6.45, 7) is 4.13. The van der Waals surface area contributed by atoms with Crippen LogP contribution in [0.25, 0.3) is 0 Å². The number of hydrogen-bond acceptors (Lipinski definition) is 3. The van der Waals surface area contributed by atoms with Crippen LogP contribution in [0.2, 0.25) is 5.02 Å². The highest BCUT2D eigenvalue weighted by Gasteiger charge is 2.21. The summed E-state index contributed by atoms with van der Waals surface area (Å²) in [6.07, 6.45) is 0. The molecule has 1 aromatic rings. The van der Waals surface area contributed by atoms with Gasteiger partial charge in [0.25, 0.3) is 5.91 Å². The first-order valence-corrected chi connectivity index (χ1v) is 5.47. The Labute approximate surface area is 92.3 Å². The van der Waals surface area contributed by atoms with Crippen molar-refractivity contribution < 1.29 is 4.79 Å². The van der Waals surface area contributed by atoms with Crippen molar-refractivity contribution in [3.63, 3.8) is 0 Å². The Morgan fingerprint density at radius 1 is 1.71 bits per heavy atom. The highest BCUT2D eigenvalue weighted by Crippen LogP contribution is 2.22. The van der Waals surface area contributed by atoms with Gasteiger partial charge in [-0.15, -0.1) is 11.3 Å². The zero-order chi connectivity index (χ0) is 10.8. The number of rotatable bonds is 3. The minimum Gasteiger partial charge on any atom is -0.345 e. The van der Waals surface area contributed by atoms with Gasteiger partial charge in [0.2, 0.25) is 0 Å². The lowest BCUT2D eigenvalue weighted by Crippen LogP contribution is -2.48. The molecule has 0 saturated heterocycles. The van der Waals surface area contributed by atoms with E-state index in [1.165, 1.54) is 11.3 Å². The summed E-state index contributed by atoms with van der Waals surface area (Å²) in [5.74, 6) is -0.166. The third-order valence-electron chi connectivity index (χ3n) is 1.79. The van der Waals surface area contributed by atoms with Crippen LogP contribution in [0.3, 0.4) is 0 Å². The molecule has 0 saturated carbocycles. The average Bonchev–Trinajstić information content (AvgIpc) is 2.51. The molecule has 0 aliphatic rings. The highest BCUT2D eigenvalue weighted by atomic mass is 35.5. The van der Waals surface area contributed by atoms with E-state index >= 15 is 0 Å². The summed E-state index contributed by atoms with van der Waals surface area (Å²) in [4.78, 5) is 12.2. The molecule has 5 heteroatoms. The molecular weight excluding hydrogens is 220 g/mol. The Kier molecular flexibility index (Phi) is 3.53. The summed E-state index contributed by atoms with van der Waals surface area (Å²) < 4.78 is 0. The number of hydrogen-bond donors (Lipinski definition) is 2. The van der Waals surface area contributed by atoms with Crippen molar-refractivity contribution >= 4 is 28.8 Å². The van der Waals surface area contributed by atoms with E-state index in [4.69, 9.17) is 17.3 Å². The van der Waals surface area contributed by atoms with Gasteiger partial charge in [0.1, 0.15) is 4.88 Å². The maximum Gasteiger partial charge on any atom is 0.263 e. The third-order valence-corrected chi connectivity index (χ3v) is 3.13. The molecule has 3 N–H and O–H groups in total. The number of amides is 1. The molecule has 0 atom stereocenters. The Balaban J connectivity index is 2.73. The van der Waals surface area contributed by atoms with E-state index in [-0.39, 0.29) is 5.91 Å². The molecule has 0 radical (unpaired) electrons. The molecule has 14 heavy (non-hydrogen) atoms. The molecule has 1 aromatic heterocycles. The summed E-state index contributed by atoms with van der Waals surface area (Å²) >= 11 is 7.15. The van der Waals surface area contributed by atoms with Crippen LogP contribution in [0.1, 0.15) is 23.5 Å². The molecule has 1 rings (SSSR count). The second-order valence-corrected chi connectivity index (χ2v) is 4.96. The monoisotopic (exact) mass is 232 g/mol. The molecule has 1 heterocycles. The van der Waals surface area contributed by atoms with Gasteiger partial charge in [-0.25, -0.2) is 0 Å². The number of halogens is 1. The molecule has 0 spiro atoms. The van der Waals surface area contributed by atoms with Crippen molar-refractivity contribution in [2.75, 3.05) is 6.54 Å². The number of carbonyl (C=O) groups excluding carboxylic acids is 1. The number of thiophene rings is 1. The van der Waals surface area contributed by atoms with Crippen molar-refractivity contribution in [2.24, 2.45) is 5.73 Å². The first-order valence-electron chi connectivity index (χ1n) is 4.22. The molecule has 0 bridgehead atoms. The SMILES string of the molecule is CC(C)(CN)NC(=O)c1sccc1Cl. The average molecular weight is 233 g/mol. The number of nitrogens with two attached hydrogens (primary N) is 1. The summed E-state index contributed by atoms with van der Waals surface area (Å²) in [5, 5.41) is 5.08. The van der Waals surface area contributed by atoms with Crippen molar-refractivity contribution in [1.29, 1.82) is 0 Å². The van der Waals surface area contributed by atoms with Crippen molar-refractivity contribution in [2.45, 2.75) is 19.4 Å². The molecule has 0 fully saturated rings. The largest absolute Gasteiger partial charge is 0.345 e. The van der Waals surface area contributed by atoms with E-state index in [1.54, 1.807) is 11.4 Å². The zero-order valence-electron chi connectivity index (χ0n) is 8.13. The van der Waals surface area contributed by atoms with Crippen molar-refractivity contribution in [3.05, 3.63) is 21.3 Å². The van der Waals surface area contributed by atoms with E-state index in [0.717, 1.165) is 0 Å². The Hall–Kier alpha value is -0.580. The molecular formula is C9H13ClN2OS. The van der Waals surface area contributed by atoms with Crippen molar-refractivity contribution in [1.82, 2.24) is 5.32 Å². The molecule has 0 aromatic carbocycles. The van der Waals surface area contributed by atoms with Gasteiger partial charge < -0.3 is 11.1 Å². The fraction of sp³-hybridized carbons (Fsp3) is 0.444. The highest BCUT2D eigenvalue weighted by molar-refractivity contribution is 7.12. The first kappa shape index (κ1) is 11.5. The summed E-state index contributed by atoms with van der Waals surface area (Å²) in [5.41, 5.74) is 5.10. The van der Waals surface area contributed by atoms with Crippen LogP contribution in [0.5, 0.6) is 0 Å². The minimum absolute atomic E-state index is 0.166. The number of carbonyl (C=O) groups is 1. The standard InChI is InChI=1S/C9H13ClN2OS/c1-9(2,5-11)12-8(13)7-6(10)3-4-14-7/h3-4H,5,11H2,1-2H3,(H,12,13). The molecule has 0 aliphatic heterocycles. The molecule has 1 amide bonds. The zero-order valence-corrected chi connectivity index (χ0v) is 9.71. The topological polar surface area (TPSA) is 55.1 Å². The van der Waals surface area contributed by atoms with Crippen LogP contribution in [0.15, 0.2) is 11.4 Å². The van der Waals surface area contributed by atoms with Crippen LogP contribution in [-0.4, -0.2) is 18.0 Å². The van der Waals surface area contributed by atoms with E-state index in [9.17, 15) is 4.79 Å². The van der Waals surface area contributed by atoms with Gasteiger partial charge in [0.05, 0.1) is 5.02 Å². The fourth-order valence-corrected chi connectivity index (χ4v) is 1.91. The number of nitrogens with one attached hydrogen (secondary N) is 1. The van der Waals surface area contributed by atoms with Gasteiger partial charge in [-0.05, 0) is 25.3 Å². The maximum atomic E-state index is 11.7. The lowest BCUT2D eigenvalue weighted by molar-refractivity contribution is 0.0920. The van der Waals surface area contributed by atoms with E-state index in [2.05, 4.69) is 5.32 Å². The Bertz CT molecular complexity index is 335. The fourth-order valence-electron chi connectivity index (χ4n) is 0.871. The Morgan fingerprint density at radius 2 is 2.36 bits per heavy atom. The first-order chi connectivity index (χ1) is 6.46. The van der Waals surface area contributed by atoms with Crippen LogP contribution in [0.4, 0.5) is 0 Å². The maximum absolute atomic E-state index is 11.7. The van der Waals surface area contributed by atoms with Gasteiger partial charge in [-0.1, -0.05) is 11.6 Å².